The van der Waals surface area contributed by atoms with Crippen LogP contribution in [0.3, 0.4) is 0 Å². The Bertz CT molecular complexity index is 699. The summed E-state index contributed by atoms with van der Waals surface area (Å²) in [5.41, 5.74) is 2.89. The second-order valence-corrected chi connectivity index (χ2v) is 5.76. The number of benzene rings is 1. The zero-order valence-corrected chi connectivity index (χ0v) is 13.8. The lowest BCUT2D eigenvalue weighted by molar-refractivity contribution is 0.122. The van der Waals surface area contributed by atoms with Crippen LogP contribution >= 0.6 is 0 Å². The number of pyridine rings is 1. The lowest BCUT2D eigenvalue weighted by atomic mass is 10.2. The first-order valence-corrected chi connectivity index (χ1v) is 8.10. The van der Waals surface area contributed by atoms with E-state index in [9.17, 15) is 4.79 Å². The van der Waals surface area contributed by atoms with Crippen molar-refractivity contribution in [2.45, 2.75) is 13.5 Å². The number of hydrogen-bond acceptors (Lipinski definition) is 4. The molecular formula is C18H22N4O2. The number of rotatable bonds is 4. The van der Waals surface area contributed by atoms with Crippen molar-refractivity contribution in [3.63, 3.8) is 0 Å². The number of urea groups is 1. The SMILES string of the molecule is Cc1cccc(NC(=O)NCc2cccnc2N2CCOCC2)c1. The Hall–Kier alpha value is -2.60. The average Bonchev–Trinajstić information content (AvgIpc) is 2.61. The number of hydrogen-bond donors (Lipinski definition) is 2. The van der Waals surface area contributed by atoms with Gasteiger partial charge in [-0.2, -0.15) is 0 Å². The van der Waals surface area contributed by atoms with Crippen molar-refractivity contribution in [1.82, 2.24) is 10.3 Å². The van der Waals surface area contributed by atoms with Crippen LogP contribution in [0.5, 0.6) is 0 Å². The molecule has 2 aromatic rings. The monoisotopic (exact) mass is 326 g/mol. The van der Waals surface area contributed by atoms with Crippen molar-refractivity contribution in [1.29, 1.82) is 0 Å². The number of amides is 2. The highest BCUT2D eigenvalue weighted by atomic mass is 16.5. The molecule has 2 heterocycles. The average molecular weight is 326 g/mol. The highest BCUT2D eigenvalue weighted by molar-refractivity contribution is 5.89. The van der Waals surface area contributed by atoms with Crippen molar-refractivity contribution in [2.24, 2.45) is 0 Å². The molecule has 0 radical (unpaired) electrons. The second kappa shape index (κ2) is 7.79. The number of aryl methyl sites for hydroxylation is 1. The fraction of sp³-hybridized carbons (Fsp3) is 0.333. The summed E-state index contributed by atoms with van der Waals surface area (Å²) in [6, 6.07) is 11.4. The first kappa shape index (κ1) is 16.3. The quantitative estimate of drug-likeness (QED) is 0.906. The molecule has 1 saturated heterocycles. The minimum atomic E-state index is -0.225. The number of morpholine rings is 1. The predicted molar refractivity (Wildman–Crippen MR) is 94.3 cm³/mol. The number of carbonyl (C=O) groups is 1. The van der Waals surface area contributed by atoms with Gasteiger partial charge in [-0.05, 0) is 30.7 Å². The molecule has 2 amide bonds. The van der Waals surface area contributed by atoms with Gasteiger partial charge >= 0.3 is 6.03 Å². The van der Waals surface area contributed by atoms with Crippen LogP contribution < -0.4 is 15.5 Å². The molecule has 0 spiro atoms. The molecule has 1 aromatic heterocycles. The molecule has 2 N–H and O–H groups in total. The fourth-order valence-corrected chi connectivity index (χ4v) is 2.70. The molecule has 0 bridgehead atoms. The standard InChI is InChI=1S/C18H22N4O2/c1-14-4-2-6-16(12-14)21-18(23)20-13-15-5-3-7-19-17(15)22-8-10-24-11-9-22/h2-7,12H,8-11,13H2,1H3,(H2,20,21,23). The van der Waals surface area contributed by atoms with Crippen LogP contribution in [0, 0.1) is 6.92 Å². The van der Waals surface area contributed by atoms with Crippen LogP contribution in [-0.4, -0.2) is 37.3 Å². The molecule has 0 unspecified atom stereocenters. The third-order valence-electron chi connectivity index (χ3n) is 3.89. The zero-order chi connectivity index (χ0) is 16.8. The Kier molecular flexibility index (Phi) is 5.28. The Morgan fingerprint density at radius 1 is 1.25 bits per heavy atom. The number of ether oxygens (including phenoxy) is 1. The van der Waals surface area contributed by atoms with Gasteiger partial charge in [0.15, 0.2) is 0 Å². The Morgan fingerprint density at radius 2 is 2.08 bits per heavy atom. The predicted octanol–water partition coefficient (Wildman–Crippen LogP) is 2.55. The largest absolute Gasteiger partial charge is 0.378 e. The maximum Gasteiger partial charge on any atom is 0.319 e. The van der Waals surface area contributed by atoms with Gasteiger partial charge in [0, 0.05) is 37.1 Å². The molecule has 24 heavy (non-hydrogen) atoms. The molecule has 1 aliphatic heterocycles. The van der Waals surface area contributed by atoms with Crippen molar-refractivity contribution >= 4 is 17.5 Å². The summed E-state index contributed by atoms with van der Waals surface area (Å²) < 4.78 is 5.39. The van der Waals surface area contributed by atoms with Crippen LogP contribution in [0.2, 0.25) is 0 Å². The van der Waals surface area contributed by atoms with Gasteiger partial charge in [0.05, 0.1) is 13.2 Å². The Morgan fingerprint density at radius 3 is 2.88 bits per heavy atom. The number of aromatic nitrogens is 1. The highest BCUT2D eigenvalue weighted by Gasteiger charge is 2.16. The smallest absolute Gasteiger partial charge is 0.319 e. The molecule has 1 fully saturated rings. The van der Waals surface area contributed by atoms with E-state index in [0.29, 0.717) is 19.8 Å². The van der Waals surface area contributed by atoms with E-state index in [1.807, 2.05) is 43.3 Å². The van der Waals surface area contributed by atoms with Gasteiger partial charge < -0.3 is 20.3 Å². The fourth-order valence-electron chi connectivity index (χ4n) is 2.70. The van der Waals surface area contributed by atoms with Crippen molar-refractivity contribution < 1.29 is 9.53 Å². The Balaban J connectivity index is 1.61. The summed E-state index contributed by atoms with van der Waals surface area (Å²) in [6.45, 7) is 5.47. The summed E-state index contributed by atoms with van der Waals surface area (Å²) in [5, 5.41) is 5.75. The molecule has 1 aliphatic rings. The van der Waals surface area contributed by atoms with E-state index in [-0.39, 0.29) is 6.03 Å². The number of carbonyl (C=O) groups excluding carboxylic acids is 1. The molecule has 0 aliphatic carbocycles. The summed E-state index contributed by atoms with van der Waals surface area (Å²) in [4.78, 5) is 18.8. The highest BCUT2D eigenvalue weighted by Crippen LogP contribution is 2.18. The molecular weight excluding hydrogens is 304 g/mol. The molecule has 3 rings (SSSR count). The lowest BCUT2D eigenvalue weighted by Gasteiger charge is -2.29. The maximum atomic E-state index is 12.1. The number of nitrogens with one attached hydrogen (secondary N) is 2. The van der Waals surface area contributed by atoms with Gasteiger partial charge in [0.1, 0.15) is 5.82 Å². The van der Waals surface area contributed by atoms with Gasteiger partial charge in [-0.3, -0.25) is 0 Å². The van der Waals surface area contributed by atoms with Crippen LogP contribution in [-0.2, 0) is 11.3 Å². The van der Waals surface area contributed by atoms with E-state index in [0.717, 1.165) is 35.7 Å². The van der Waals surface area contributed by atoms with E-state index in [2.05, 4.69) is 20.5 Å². The van der Waals surface area contributed by atoms with Gasteiger partial charge in [-0.25, -0.2) is 9.78 Å². The van der Waals surface area contributed by atoms with E-state index in [4.69, 9.17) is 4.74 Å². The van der Waals surface area contributed by atoms with E-state index in [1.54, 1.807) is 6.20 Å². The second-order valence-electron chi connectivity index (χ2n) is 5.76. The van der Waals surface area contributed by atoms with Gasteiger partial charge in [-0.1, -0.05) is 18.2 Å². The number of nitrogens with zero attached hydrogens (tertiary/aromatic N) is 2. The lowest BCUT2D eigenvalue weighted by Crippen LogP contribution is -2.38. The first-order chi connectivity index (χ1) is 11.7. The third-order valence-corrected chi connectivity index (χ3v) is 3.89. The molecule has 0 saturated carbocycles. The summed E-state index contributed by atoms with van der Waals surface area (Å²) in [6.07, 6.45) is 1.78. The van der Waals surface area contributed by atoms with Gasteiger partial charge in [-0.15, -0.1) is 0 Å². The van der Waals surface area contributed by atoms with Crippen molar-refractivity contribution in [3.05, 3.63) is 53.7 Å². The van der Waals surface area contributed by atoms with Crippen LogP contribution in [0.4, 0.5) is 16.3 Å². The van der Waals surface area contributed by atoms with Crippen LogP contribution in [0.1, 0.15) is 11.1 Å². The van der Waals surface area contributed by atoms with E-state index < -0.39 is 0 Å². The molecule has 6 heteroatoms. The first-order valence-electron chi connectivity index (χ1n) is 8.10. The summed E-state index contributed by atoms with van der Waals surface area (Å²) in [7, 11) is 0. The van der Waals surface area contributed by atoms with Gasteiger partial charge in [0.25, 0.3) is 0 Å². The van der Waals surface area contributed by atoms with Crippen molar-refractivity contribution in [3.8, 4) is 0 Å². The molecule has 1 aromatic carbocycles. The molecule has 0 atom stereocenters. The number of anilines is 2. The Labute approximate surface area is 141 Å². The van der Waals surface area contributed by atoms with Crippen molar-refractivity contribution in [2.75, 3.05) is 36.5 Å². The third kappa shape index (κ3) is 4.23. The van der Waals surface area contributed by atoms with Crippen LogP contribution in [0.15, 0.2) is 42.6 Å². The minimum Gasteiger partial charge on any atom is -0.378 e. The molecule has 126 valence electrons. The van der Waals surface area contributed by atoms with Crippen LogP contribution in [0.25, 0.3) is 0 Å². The normalized spacial score (nSPS) is 14.3. The minimum absolute atomic E-state index is 0.225. The van der Waals surface area contributed by atoms with Gasteiger partial charge in [0.2, 0.25) is 0 Å². The maximum absolute atomic E-state index is 12.1. The summed E-state index contributed by atoms with van der Waals surface area (Å²) >= 11 is 0. The van der Waals surface area contributed by atoms with E-state index >= 15 is 0 Å². The molecule has 6 nitrogen and oxygen atoms in total. The summed E-state index contributed by atoms with van der Waals surface area (Å²) in [5.74, 6) is 0.914. The topological polar surface area (TPSA) is 66.5 Å². The van der Waals surface area contributed by atoms with E-state index in [1.165, 1.54) is 0 Å². The zero-order valence-electron chi connectivity index (χ0n) is 13.8.